The number of nitrogens with one attached hydrogen (secondary N) is 1. The largest absolute Gasteiger partial charge is 0.379 e. The average Bonchev–Trinajstić information content (AvgIpc) is 2.49. The van der Waals surface area contributed by atoms with Gasteiger partial charge in [0, 0.05) is 38.3 Å². The molecule has 0 aromatic rings. The SMILES string of the molecule is CCCC1CN(CCC(C)(C)OC)C2(CCCCC2)CN1. The topological polar surface area (TPSA) is 24.5 Å². The number of piperazine rings is 1. The molecule has 1 aliphatic carbocycles. The number of rotatable bonds is 6. The van der Waals surface area contributed by atoms with Gasteiger partial charge in [0.2, 0.25) is 0 Å². The molecule has 1 spiro atoms. The number of hydrogen-bond donors (Lipinski definition) is 1. The molecule has 1 saturated carbocycles. The van der Waals surface area contributed by atoms with E-state index in [9.17, 15) is 0 Å². The number of ether oxygens (including phenoxy) is 1. The van der Waals surface area contributed by atoms with Crippen molar-refractivity contribution in [3.8, 4) is 0 Å². The quantitative estimate of drug-likeness (QED) is 0.811. The van der Waals surface area contributed by atoms with E-state index < -0.39 is 0 Å². The summed E-state index contributed by atoms with van der Waals surface area (Å²) >= 11 is 0. The van der Waals surface area contributed by atoms with Crippen LogP contribution in [0.15, 0.2) is 0 Å². The zero-order chi connectivity index (χ0) is 15.3. The lowest BCUT2D eigenvalue weighted by Gasteiger charge is -2.52. The molecular formula is C18H36N2O. The number of hydrogen-bond acceptors (Lipinski definition) is 3. The first-order valence-electron chi connectivity index (χ1n) is 9.05. The maximum absolute atomic E-state index is 5.64. The van der Waals surface area contributed by atoms with E-state index in [1.807, 2.05) is 7.11 Å². The molecule has 0 bridgehead atoms. The van der Waals surface area contributed by atoms with Crippen molar-refractivity contribution in [1.82, 2.24) is 10.2 Å². The highest BCUT2D eigenvalue weighted by Crippen LogP contribution is 2.36. The van der Waals surface area contributed by atoms with E-state index >= 15 is 0 Å². The van der Waals surface area contributed by atoms with Gasteiger partial charge in [-0.15, -0.1) is 0 Å². The number of nitrogens with zero attached hydrogens (tertiary/aromatic N) is 1. The molecule has 0 aromatic carbocycles. The van der Waals surface area contributed by atoms with Crippen LogP contribution in [-0.4, -0.2) is 48.8 Å². The van der Waals surface area contributed by atoms with Gasteiger partial charge in [0.15, 0.2) is 0 Å². The van der Waals surface area contributed by atoms with Crippen molar-refractivity contribution in [2.75, 3.05) is 26.7 Å². The van der Waals surface area contributed by atoms with Gasteiger partial charge in [-0.3, -0.25) is 4.90 Å². The van der Waals surface area contributed by atoms with Crippen LogP contribution in [0.4, 0.5) is 0 Å². The Kier molecular flexibility index (Phi) is 6.10. The van der Waals surface area contributed by atoms with E-state index in [1.165, 1.54) is 64.6 Å². The molecule has 1 aliphatic heterocycles. The molecule has 3 nitrogen and oxygen atoms in total. The van der Waals surface area contributed by atoms with E-state index in [0.29, 0.717) is 11.6 Å². The molecule has 2 aliphatic rings. The van der Waals surface area contributed by atoms with E-state index in [2.05, 4.69) is 31.0 Å². The monoisotopic (exact) mass is 296 g/mol. The second-order valence-electron chi connectivity index (χ2n) is 7.81. The highest BCUT2D eigenvalue weighted by Gasteiger charge is 2.42. The first-order valence-corrected chi connectivity index (χ1v) is 9.05. The number of methoxy groups -OCH3 is 1. The third-order valence-corrected chi connectivity index (χ3v) is 5.79. The van der Waals surface area contributed by atoms with Crippen LogP contribution in [0, 0.1) is 0 Å². The molecule has 0 amide bonds. The Labute approximate surface area is 131 Å². The Morgan fingerprint density at radius 3 is 2.57 bits per heavy atom. The standard InChI is InChI=1S/C18H36N2O/c1-5-9-16-14-20(13-12-17(2,3)21-4)18(15-19-16)10-7-6-8-11-18/h16,19H,5-15H2,1-4H3. The molecule has 124 valence electrons. The minimum Gasteiger partial charge on any atom is -0.379 e. The summed E-state index contributed by atoms with van der Waals surface area (Å²) in [6.07, 6.45) is 10.7. The van der Waals surface area contributed by atoms with Crippen LogP contribution in [0.3, 0.4) is 0 Å². The third-order valence-electron chi connectivity index (χ3n) is 5.79. The molecule has 2 fully saturated rings. The molecule has 0 aromatic heterocycles. The maximum atomic E-state index is 5.64. The fraction of sp³-hybridized carbons (Fsp3) is 1.00. The van der Waals surface area contributed by atoms with Gasteiger partial charge >= 0.3 is 0 Å². The fourth-order valence-corrected chi connectivity index (χ4v) is 4.05. The van der Waals surface area contributed by atoms with Crippen LogP contribution in [0.1, 0.15) is 72.1 Å². The predicted molar refractivity (Wildman–Crippen MR) is 89.8 cm³/mol. The van der Waals surface area contributed by atoms with E-state index in [0.717, 1.165) is 6.42 Å². The Hall–Kier alpha value is -0.120. The Morgan fingerprint density at radius 2 is 1.95 bits per heavy atom. The van der Waals surface area contributed by atoms with Crippen LogP contribution in [0.25, 0.3) is 0 Å². The van der Waals surface area contributed by atoms with Crippen molar-refractivity contribution in [2.45, 2.75) is 89.3 Å². The van der Waals surface area contributed by atoms with Crippen molar-refractivity contribution < 1.29 is 4.74 Å². The summed E-state index contributed by atoms with van der Waals surface area (Å²) in [5.74, 6) is 0. The maximum Gasteiger partial charge on any atom is 0.0634 e. The summed E-state index contributed by atoms with van der Waals surface area (Å²) in [7, 11) is 1.84. The van der Waals surface area contributed by atoms with Gasteiger partial charge in [0.05, 0.1) is 5.60 Å². The normalized spacial score (nSPS) is 27.1. The molecule has 21 heavy (non-hydrogen) atoms. The lowest BCUT2D eigenvalue weighted by Crippen LogP contribution is -2.65. The second kappa shape index (κ2) is 7.43. The first kappa shape index (κ1) is 17.2. The smallest absolute Gasteiger partial charge is 0.0634 e. The summed E-state index contributed by atoms with van der Waals surface area (Å²) in [4.78, 5) is 2.82. The molecular weight excluding hydrogens is 260 g/mol. The zero-order valence-electron chi connectivity index (χ0n) is 14.7. The van der Waals surface area contributed by atoms with Crippen molar-refractivity contribution >= 4 is 0 Å². The van der Waals surface area contributed by atoms with Gasteiger partial charge in [-0.2, -0.15) is 0 Å². The first-order chi connectivity index (χ1) is 10.0. The zero-order valence-corrected chi connectivity index (χ0v) is 14.7. The van der Waals surface area contributed by atoms with Gasteiger partial charge in [-0.05, 0) is 39.5 Å². The third kappa shape index (κ3) is 4.43. The van der Waals surface area contributed by atoms with Gasteiger partial charge in [0.1, 0.15) is 0 Å². The second-order valence-corrected chi connectivity index (χ2v) is 7.81. The van der Waals surface area contributed by atoms with E-state index in [1.54, 1.807) is 0 Å². The van der Waals surface area contributed by atoms with Crippen molar-refractivity contribution in [1.29, 1.82) is 0 Å². The Bertz CT molecular complexity index is 310. The fourth-order valence-electron chi connectivity index (χ4n) is 4.05. The molecule has 1 unspecified atom stereocenters. The van der Waals surface area contributed by atoms with Gasteiger partial charge in [0.25, 0.3) is 0 Å². The van der Waals surface area contributed by atoms with Crippen LogP contribution in [-0.2, 0) is 4.74 Å². The van der Waals surface area contributed by atoms with Gasteiger partial charge < -0.3 is 10.1 Å². The average molecular weight is 296 g/mol. The van der Waals surface area contributed by atoms with Gasteiger partial charge in [-0.25, -0.2) is 0 Å². The highest BCUT2D eigenvalue weighted by molar-refractivity contribution is 5.00. The predicted octanol–water partition coefficient (Wildman–Crippen LogP) is 3.58. The summed E-state index contributed by atoms with van der Waals surface area (Å²) < 4.78 is 5.64. The summed E-state index contributed by atoms with van der Waals surface area (Å²) in [6.45, 7) is 10.3. The van der Waals surface area contributed by atoms with E-state index in [-0.39, 0.29) is 5.60 Å². The van der Waals surface area contributed by atoms with Crippen LogP contribution in [0.2, 0.25) is 0 Å². The van der Waals surface area contributed by atoms with Crippen LogP contribution in [0.5, 0.6) is 0 Å². The summed E-state index contributed by atoms with van der Waals surface area (Å²) in [6, 6.07) is 0.688. The molecule has 2 rings (SSSR count). The van der Waals surface area contributed by atoms with Crippen molar-refractivity contribution in [2.24, 2.45) is 0 Å². The minimum absolute atomic E-state index is 0.000978. The highest BCUT2D eigenvalue weighted by atomic mass is 16.5. The molecule has 1 heterocycles. The Balaban J connectivity index is 2.01. The van der Waals surface area contributed by atoms with Gasteiger partial charge in [-0.1, -0.05) is 32.6 Å². The molecule has 0 radical (unpaired) electrons. The molecule has 3 heteroatoms. The molecule has 1 saturated heterocycles. The van der Waals surface area contributed by atoms with Crippen molar-refractivity contribution in [3.05, 3.63) is 0 Å². The lowest BCUT2D eigenvalue weighted by molar-refractivity contribution is -0.0301. The van der Waals surface area contributed by atoms with Crippen LogP contribution >= 0.6 is 0 Å². The van der Waals surface area contributed by atoms with Crippen molar-refractivity contribution in [3.63, 3.8) is 0 Å². The minimum atomic E-state index is 0.000978. The van der Waals surface area contributed by atoms with Crippen LogP contribution < -0.4 is 5.32 Å². The summed E-state index contributed by atoms with van der Waals surface area (Å²) in [5, 5.41) is 3.85. The Morgan fingerprint density at radius 1 is 1.24 bits per heavy atom. The lowest BCUT2D eigenvalue weighted by atomic mass is 9.77. The van der Waals surface area contributed by atoms with E-state index in [4.69, 9.17) is 4.74 Å². The summed E-state index contributed by atoms with van der Waals surface area (Å²) in [5.41, 5.74) is 0.438. The molecule has 1 atom stereocenters. The molecule has 1 N–H and O–H groups in total.